The minimum atomic E-state index is 0. The number of rotatable bonds is 3. The molecule has 1 aliphatic carbocycles. The van der Waals surface area contributed by atoms with Gasteiger partial charge in [0.2, 0.25) is 5.91 Å². The first-order valence-electron chi connectivity index (χ1n) is 10.6. The van der Waals surface area contributed by atoms with Gasteiger partial charge in [-0.3, -0.25) is 9.78 Å². The van der Waals surface area contributed by atoms with E-state index in [-0.39, 0.29) is 24.4 Å². The molecule has 2 N–H and O–H groups in total. The molecule has 1 saturated heterocycles. The highest BCUT2D eigenvalue weighted by molar-refractivity contribution is 5.98. The van der Waals surface area contributed by atoms with Crippen LogP contribution in [0, 0.1) is 18.8 Å². The third-order valence-electron chi connectivity index (χ3n) is 6.86. The fourth-order valence-corrected chi connectivity index (χ4v) is 5.30. The Kier molecular flexibility index (Phi) is 5.81. The van der Waals surface area contributed by atoms with Crippen LogP contribution in [0.2, 0.25) is 0 Å². The van der Waals surface area contributed by atoms with Crippen molar-refractivity contribution in [3.63, 3.8) is 0 Å². The molecule has 1 aromatic heterocycles. The zero-order chi connectivity index (χ0) is 20.0. The lowest BCUT2D eigenvalue weighted by Crippen LogP contribution is -2.34. The predicted molar refractivity (Wildman–Crippen MR) is 124 cm³/mol. The van der Waals surface area contributed by atoms with Gasteiger partial charge in [-0.25, -0.2) is 0 Å². The van der Waals surface area contributed by atoms with Gasteiger partial charge in [0.25, 0.3) is 0 Å². The number of hydrogen-bond acceptors (Lipinski definition) is 3. The first-order valence-corrected chi connectivity index (χ1v) is 10.6. The second-order valence-corrected chi connectivity index (χ2v) is 8.57. The number of para-hydroxylation sites is 1. The number of aryl methyl sites for hydroxylation is 1. The van der Waals surface area contributed by atoms with Crippen LogP contribution in [0.4, 0.5) is 0 Å². The quantitative estimate of drug-likeness (QED) is 0.683. The molecule has 30 heavy (non-hydrogen) atoms. The van der Waals surface area contributed by atoms with Crippen LogP contribution < -0.4 is 5.73 Å². The number of carbonyl (C=O) groups excluding carboxylic acids is 1. The molecule has 3 aromatic rings. The lowest BCUT2D eigenvalue weighted by molar-refractivity contribution is -0.129. The van der Waals surface area contributed by atoms with E-state index in [1.54, 1.807) is 0 Å². The Hall–Kier alpha value is -2.43. The molecule has 3 unspecified atom stereocenters. The molecule has 2 aliphatic rings. The van der Waals surface area contributed by atoms with Gasteiger partial charge in [0, 0.05) is 30.2 Å². The SMILES string of the molecule is Cc1nc2ccccc2c(-c2ccccc2)c1CC(=O)N1CC2CCC(N)C2C1.Cl. The molecule has 5 rings (SSSR count). The van der Waals surface area contributed by atoms with Crippen LogP contribution >= 0.6 is 12.4 Å². The van der Waals surface area contributed by atoms with Crippen molar-refractivity contribution in [1.82, 2.24) is 9.88 Å². The van der Waals surface area contributed by atoms with Crippen molar-refractivity contribution in [1.29, 1.82) is 0 Å². The van der Waals surface area contributed by atoms with Gasteiger partial charge in [0.1, 0.15) is 0 Å². The van der Waals surface area contributed by atoms with E-state index in [1.165, 1.54) is 0 Å². The van der Waals surface area contributed by atoms with Gasteiger partial charge in [-0.2, -0.15) is 0 Å². The van der Waals surface area contributed by atoms with E-state index >= 15 is 0 Å². The molecule has 1 saturated carbocycles. The molecule has 5 heteroatoms. The van der Waals surface area contributed by atoms with Gasteiger partial charge in [-0.05, 0) is 54.4 Å². The number of carbonyl (C=O) groups is 1. The summed E-state index contributed by atoms with van der Waals surface area (Å²) in [6.45, 7) is 3.69. The van der Waals surface area contributed by atoms with Crippen LogP contribution in [0.1, 0.15) is 24.1 Å². The van der Waals surface area contributed by atoms with Crippen LogP contribution in [-0.4, -0.2) is 34.9 Å². The minimum Gasteiger partial charge on any atom is -0.342 e. The van der Waals surface area contributed by atoms with E-state index in [1.807, 2.05) is 36.1 Å². The molecule has 0 spiro atoms. The van der Waals surface area contributed by atoms with Gasteiger partial charge in [-0.1, -0.05) is 48.5 Å². The van der Waals surface area contributed by atoms with Crippen molar-refractivity contribution in [2.24, 2.45) is 17.6 Å². The van der Waals surface area contributed by atoms with Crippen LogP contribution in [0.15, 0.2) is 54.6 Å². The molecule has 1 aliphatic heterocycles. The number of benzene rings is 2. The number of hydrogen-bond donors (Lipinski definition) is 1. The Labute approximate surface area is 183 Å². The largest absolute Gasteiger partial charge is 0.342 e. The molecule has 2 fully saturated rings. The molecule has 2 aromatic carbocycles. The Morgan fingerprint density at radius 1 is 1.07 bits per heavy atom. The average Bonchev–Trinajstić information content (AvgIpc) is 3.31. The Morgan fingerprint density at radius 3 is 2.57 bits per heavy atom. The Balaban J connectivity index is 0.00000218. The van der Waals surface area contributed by atoms with Crippen molar-refractivity contribution < 1.29 is 4.79 Å². The number of nitrogens with zero attached hydrogens (tertiary/aromatic N) is 2. The summed E-state index contributed by atoms with van der Waals surface area (Å²) >= 11 is 0. The van der Waals surface area contributed by atoms with Crippen molar-refractivity contribution in [2.45, 2.75) is 32.2 Å². The normalized spacial score (nSPS) is 22.7. The number of nitrogens with two attached hydrogens (primary N) is 1. The van der Waals surface area contributed by atoms with Crippen LogP contribution in [0.5, 0.6) is 0 Å². The maximum atomic E-state index is 13.3. The highest BCUT2D eigenvalue weighted by Gasteiger charge is 2.42. The molecule has 1 amide bonds. The fraction of sp³-hybridized carbons (Fsp3) is 0.360. The molecule has 0 bridgehead atoms. The fourth-order valence-electron chi connectivity index (χ4n) is 5.30. The molecule has 2 heterocycles. The number of aromatic nitrogens is 1. The van der Waals surface area contributed by atoms with Gasteiger partial charge in [-0.15, -0.1) is 12.4 Å². The summed E-state index contributed by atoms with van der Waals surface area (Å²) in [7, 11) is 0. The van der Waals surface area contributed by atoms with Crippen LogP contribution in [0.3, 0.4) is 0 Å². The second-order valence-electron chi connectivity index (χ2n) is 8.57. The van der Waals surface area contributed by atoms with Crippen molar-refractivity contribution in [3.8, 4) is 11.1 Å². The molecular weight excluding hydrogens is 394 g/mol. The summed E-state index contributed by atoms with van der Waals surface area (Å²) in [6, 6.07) is 18.8. The second kappa shape index (κ2) is 8.37. The van der Waals surface area contributed by atoms with E-state index in [0.717, 1.165) is 59.2 Å². The zero-order valence-corrected chi connectivity index (χ0v) is 18.1. The number of likely N-dealkylation sites (tertiary alicyclic amines) is 1. The van der Waals surface area contributed by atoms with Gasteiger partial charge in [0.15, 0.2) is 0 Å². The lowest BCUT2D eigenvalue weighted by Gasteiger charge is -2.21. The van der Waals surface area contributed by atoms with E-state index in [4.69, 9.17) is 10.7 Å². The number of amides is 1. The molecule has 156 valence electrons. The first-order chi connectivity index (χ1) is 14.1. The average molecular weight is 422 g/mol. The number of fused-ring (bicyclic) bond motifs is 2. The third-order valence-corrected chi connectivity index (χ3v) is 6.86. The highest BCUT2D eigenvalue weighted by atomic mass is 35.5. The smallest absolute Gasteiger partial charge is 0.227 e. The van der Waals surface area contributed by atoms with Gasteiger partial charge < -0.3 is 10.6 Å². The van der Waals surface area contributed by atoms with Crippen molar-refractivity contribution >= 4 is 29.2 Å². The third kappa shape index (κ3) is 3.59. The van der Waals surface area contributed by atoms with Crippen LogP contribution in [0.25, 0.3) is 22.0 Å². The first kappa shape index (κ1) is 20.8. The monoisotopic (exact) mass is 421 g/mol. The zero-order valence-electron chi connectivity index (χ0n) is 17.3. The summed E-state index contributed by atoms with van der Waals surface area (Å²) in [5.41, 5.74) is 11.5. The van der Waals surface area contributed by atoms with Crippen molar-refractivity contribution in [2.75, 3.05) is 13.1 Å². The Bertz CT molecular complexity index is 1070. The van der Waals surface area contributed by atoms with E-state index in [2.05, 4.69) is 30.3 Å². The lowest BCUT2D eigenvalue weighted by atomic mass is 9.92. The number of pyridine rings is 1. The topological polar surface area (TPSA) is 59.2 Å². The van der Waals surface area contributed by atoms with Crippen LogP contribution in [-0.2, 0) is 11.2 Å². The molecular formula is C25H28ClN3O. The molecule has 3 atom stereocenters. The van der Waals surface area contributed by atoms with Crippen molar-refractivity contribution in [3.05, 3.63) is 65.9 Å². The summed E-state index contributed by atoms with van der Waals surface area (Å²) in [4.78, 5) is 20.1. The van der Waals surface area contributed by atoms with Gasteiger partial charge >= 0.3 is 0 Å². The summed E-state index contributed by atoms with van der Waals surface area (Å²) < 4.78 is 0. The number of halogens is 1. The van der Waals surface area contributed by atoms with E-state index < -0.39 is 0 Å². The maximum absolute atomic E-state index is 13.3. The summed E-state index contributed by atoms with van der Waals surface area (Å²) in [5.74, 6) is 1.26. The Morgan fingerprint density at radius 2 is 1.80 bits per heavy atom. The predicted octanol–water partition coefficient (Wildman–Crippen LogP) is 4.37. The standard InChI is InChI=1S/C25H27N3O.ClH/c1-16-20(13-24(29)28-14-18-11-12-22(26)21(18)15-28)25(17-7-3-2-4-8-17)19-9-5-6-10-23(19)27-16;/h2-10,18,21-22H,11-15,26H2,1H3;1H. The minimum absolute atomic E-state index is 0. The molecule has 4 nitrogen and oxygen atoms in total. The molecule has 0 radical (unpaired) electrons. The van der Waals surface area contributed by atoms with Gasteiger partial charge in [0.05, 0.1) is 11.9 Å². The van der Waals surface area contributed by atoms with E-state index in [0.29, 0.717) is 18.3 Å². The van der Waals surface area contributed by atoms with E-state index in [9.17, 15) is 4.79 Å². The summed E-state index contributed by atoms with van der Waals surface area (Å²) in [6.07, 6.45) is 2.65. The highest BCUT2D eigenvalue weighted by Crippen LogP contribution is 2.38. The maximum Gasteiger partial charge on any atom is 0.227 e. The summed E-state index contributed by atoms with van der Waals surface area (Å²) in [5, 5.41) is 1.10.